The van der Waals surface area contributed by atoms with Crippen LogP contribution in [0.25, 0.3) is 0 Å². The summed E-state index contributed by atoms with van der Waals surface area (Å²) < 4.78 is 22.9. The summed E-state index contributed by atoms with van der Waals surface area (Å²) in [6.45, 7) is 4.56. The number of aliphatic hydroxyl groups is 1. The number of carbonyl (C=O) groups is 1. The zero-order valence-corrected chi connectivity index (χ0v) is 19.8. The van der Waals surface area contributed by atoms with E-state index in [9.17, 15) is 4.79 Å². The largest absolute Gasteiger partial charge is 0.459 e. The minimum atomic E-state index is -0.545. The first-order valence-corrected chi connectivity index (χ1v) is 12.3. The minimum absolute atomic E-state index is 0.00332. The summed E-state index contributed by atoms with van der Waals surface area (Å²) in [4.78, 5) is 12.9. The fourth-order valence-corrected chi connectivity index (χ4v) is 4.46. The number of hydrogen-bond acceptors (Lipinski definition) is 7. The fourth-order valence-electron chi connectivity index (χ4n) is 3.75. The van der Waals surface area contributed by atoms with Crippen LogP contribution in [-0.2, 0) is 30.3 Å². The lowest BCUT2D eigenvalue weighted by atomic mass is 9.82. The molecule has 1 aliphatic heterocycles. The Morgan fingerprint density at radius 2 is 1.91 bits per heavy atom. The number of rotatable bonds is 14. The van der Waals surface area contributed by atoms with E-state index < -0.39 is 6.29 Å². The van der Waals surface area contributed by atoms with Crippen molar-refractivity contribution in [1.29, 1.82) is 0 Å². The number of aliphatic hydroxyl groups excluding tert-OH is 1. The van der Waals surface area contributed by atoms with Gasteiger partial charge in [-0.2, -0.15) is 11.3 Å². The van der Waals surface area contributed by atoms with Crippen LogP contribution in [0.5, 0.6) is 0 Å². The van der Waals surface area contributed by atoms with Crippen LogP contribution in [0.2, 0.25) is 0 Å². The minimum Gasteiger partial charge on any atom is -0.459 e. The highest BCUT2D eigenvalue weighted by molar-refractivity contribution is 7.08. The van der Waals surface area contributed by atoms with Gasteiger partial charge in [0.1, 0.15) is 0 Å². The zero-order valence-electron chi connectivity index (χ0n) is 19.0. The molecule has 8 heteroatoms. The first-order chi connectivity index (χ1) is 16.2. The van der Waals surface area contributed by atoms with Gasteiger partial charge in [-0.15, -0.1) is 0 Å². The lowest BCUT2D eigenvalue weighted by Gasteiger charge is -2.36. The van der Waals surface area contributed by atoms with E-state index in [2.05, 4.69) is 16.8 Å². The number of allylic oxidation sites excluding steroid dienone is 1. The molecule has 2 heterocycles. The van der Waals surface area contributed by atoms with Crippen molar-refractivity contribution in [1.82, 2.24) is 5.32 Å². The Hall–Kier alpha value is -2.23. The SMILES string of the molecule is CCO[C@@H]1OC(C(=O)NCc2ccccc2)=C[C@H](c2ccsc2)[C@@H]1CCOCCOCCO. The van der Waals surface area contributed by atoms with E-state index in [0.29, 0.717) is 46.0 Å². The van der Waals surface area contributed by atoms with Gasteiger partial charge in [-0.1, -0.05) is 30.3 Å². The lowest BCUT2D eigenvalue weighted by Crippen LogP contribution is -2.39. The van der Waals surface area contributed by atoms with Crippen molar-refractivity contribution in [3.05, 3.63) is 70.1 Å². The standard InChI is InChI=1S/C25H33NO6S/c1-2-31-25-21(8-11-29-13-14-30-12-10-27)22(20-9-15-33-18-20)16-23(32-25)24(28)26-17-19-6-4-3-5-7-19/h3-7,9,15-16,18,21-22,25,27H,2,8,10-14,17H2,1H3,(H,26,28)/t21-,22+,25+/m0/s1. The Bertz CT molecular complexity index is 842. The Morgan fingerprint density at radius 1 is 1.12 bits per heavy atom. The molecule has 1 aromatic carbocycles. The smallest absolute Gasteiger partial charge is 0.286 e. The summed E-state index contributed by atoms with van der Waals surface area (Å²) in [5.41, 5.74) is 2.16. The number of nitrogens with one attached hydrogen (secondary N) is 1. The highest BCUT2D eigenvalue weighted by Crippen LogP contribution is 2.39. The van der Waals surface area contributed by atoms with E-state index in [4.69, 9.17) is 24.1 Å². The first-order valence-electron chi connectivity index (χ1n) is 11.3. The third-order valence-corrected chi connectivity index (χ3v) is 6.07. The van der Waals surface area contributed by atoms with Crippen LogP contribution in [0.15, 0.2) is 59.0 Å². The van der Waals surface area contributed by atoms with Crippen LogP contribution in [-0.4, -0.2) is 56.9 Å². The maximum absolute atomic E-state index is 12.9. The second-order valence-corrected chi connectivity index (χ2v) is 8.40. The molecule has 0 bridgehead atoms. The quantitative estimate of drug-likeness (QED) is 0.407. The van der Waals surface area contributed by atoms with Crippen LogP contribution in [0, 0.1) is 5.92 Å². The van der Waals surface area contributed by atoms with E-state index in [-0.39, 0.29) is 30.1 Å². The third-order valence-electron chi connectivity index (χ3n) is 5.37. The zero-order chi connectivity index (χ0) is 23.3. The molecule has 0 unspecified atom stereocenters. The topological polar surface area (TPSA) is 86.3 Å². The molecule has 2 N–H and O–H groups in total. The van der Waals surface area contributed by atoms with Gasteiger partial charge < -0.3 is 29.4 Å². The second kappa shape index (κ2) is 14.1. The van der Waals surface area contributed by atoms with Crippen LogP contribution in [0.1, 0.15) is 30.4 Å². The Kier molecular flexibility index (Phi) is 10.9. The predicted octanol–water partition coefficient (Wildman–Crippen LogP) is 3.46. The Morgan fingerprint density at radius 3 is 2.61 bits per heavy atom. The van der Waals surface area contributed by atoms with E-state index in [1.165, 1.54) is 0 Å². The van der Waals surface area contributed by atoms with E-state index >= 15 is 0 Å². The van der Waals surface area contributed by atoms with Gasteiger partial charge in [0.15, 0.2) is 5.76 Å². The van der Waals surface area contributed by atoms with Gasteiger partial charge in [-0.05, 0) is 47.4 Å². The van der Waals surface area contributed by atoms with Crippen molar-refractivity contribution < 1.29 is 28.8 Å². The van der Waals surface area contributed by atoms with E-state index in [1.54, 1.807) is 11.3 Å². The molecule has 1 aromatic heterocycles. The van der Waals surface area contributed by atoms with Crippen molar-refractivity contribution in [3.8, 4) is 0 Å². The molecule has 0 saturated heterocycles. The molecular formula is C25H33NO6S. The van der Waals surface area contributed by atoms with Crippen LogP contribution in [0.3, 0.4) is 0 Å². The summed E-state index contributed by atoms with van der Waals surface area (Å²) in [5.74, 6) is 0.0199. The van der Waals surface area contributed by atoms with E-state index in [0.717, 1.165) is 11.1 Å². The van der Waals surface area contributed by atoms with E-state index in [1.807, 2.05) is 48.7 Å². The van der Waals surface area contributed by atoms with Crippen LogP contribution < -0.4 is 5.32 Å². The predicted molar refractivity (Wildman–Crippen MR) is 127 cm³/mol. The van der Waals surface area contributed by atoms with Gasteiger partial charge in [0.2, 0.25) is 6.29 Å². The summed E-state index contributed by atoms with van der Waals surface area (Å²) in [6, 6.07) is 11.9. The molecular weight excluding hydrogens is 442 g/mol. The molecule has 0 fully saturated rings. The van der Waals surface area contributed by atoms with Gasteiger partial charge in [-0.25, -0.2) is 0 Å². The van der Waals surface area contributed by atoms with Gasteiger partial charge in [0.05, 0.1) is 26.4 Å². The molecule has 0 saturated carbocycles. The van der Waals surface area contributed by atoms with Crippen LogP contribution in [0.4, 0.5) is 0 Å². The maximum Gasteiger partial charge on any atom is 0.286 e. The van der Waals surface area contributed by atoms with Crippen molar-refractivity contribution in [3.63, 3.8) is 0 Å². The molecule has 0 radical (unpaired) electrons. The molecule has 2 aromatic rings. The first kappa shape index (κ1) is 25.4. The van der Waals surface area contributed by atoms with Crippen molar-refractivity contribution in [2.45, 2.75) is 32.1 Å². The maximum atomic E-state index is 12.9. The number of hydrogen-bond donors (Lipinski definition) is 2. The number of amides is 1. The summed E-state index contributed by atoms with van der Waals surface area (Å²) >= 11 is 1.63. The summed E-state index contributed by atoms with van der Waals surface area (Å²) in [5, 5.41) is 15.9. The van der Waals surface area contributed by atoms with Crippen LogP contribution >= 0.6 is 11.3 Å². The summed E-state index contributed by atoms with van der Waals surface area (Å²) in [7, 11) is 0. The molecule has 1 aliphatic rings. The monoisotopic (exact) mass is 475 g/mol. The van der Waals surface area contributed by atoms with Gasteiger partial charge in [-0.3, -0.25) is 4.79 Å². The van der Waals surface area contributed by atoms with Gasteiger partial charge in [0.25, 0.3) is 5.91 Å². The Balaban J connectivity index is 1.67. The number of thiophene rings is 1. The normalized spacial score (nSPS) is 20.2. The molecule has 3 rings (SSSR count). The molecule has 1 amide bonds. The molecule has 3 atom stereocenters. The van der Waals surface area contributed by atoms with Gasteiger partial charge in [0, 0.05) is 31.6 Å². The number of carbonyl (C=O) groups excluding carboxylic acids is 1. The lowest BCUT2D eigenvalue weighted by molar-refractivity contribution is -0.168. The fraction of sp³-hybridized carbons (Fsp3) is 0.480. The third kappa shape index (κ3) is 7.94. The van der Waals surface area contributed by atoms with Gasteiger partial charge >= 0.3 is 0 Å². The second-order valence-electron chi connectivity index (χ2n) is 7.62. The average Bonchev–Trinajstić information content (AvgIpc) is 3.38. The van der Waals surface area contributed by atoms with Crippen molar-refractivity contribution in [2.24, 2.45) is 5.92 Å². The molecule has 33 heavy (non-hydrogen) atoms. The molecule has 180 valence electrons. The molecule has 0 spiro atoms. The highest BCUT2D eigenvalue weighted by Gasteiger charge is 2.38. The average molecular weight is 476 g/mol. The van der Waals surface area contributed by atoms with Crippen molar-refractivity contribution in [2.75, 3.05) is 39.6 Å². The number of ether oxygens (including phenoxy) is 4. The van der Waals surface area contributed by atoms with Crippen molar-refractivity contribution >= 4 is 17.2 Å². The molecule has 7 nitrogen and oxygen atoms in total. The molecule has 0 aliphatic carbocycles. The Labute approximate surface area is 199 Å². The summed E-state index contributed by atoms with van der Waals surface area (Å²) in [6.07, 6.45) is 2.07. The number of benzene rings is 1. The highest BCUT2D eigenvalue weighted by atomic mass is 32.1.